The number of carbonyl (C=O) groups is 2. The van der Waals surface area contributed by atoms with Crippen LogP contribution < -0.4 is 21.1 Å². The summed E-state index contributed by atoms with van der Waals surface area (Å²) in [5.74, 6) is -0.181. The third-order valence-corrected chi connectivity index (χ3v) is 6.65. The molecule has 8 nitrogen and oxygen atoms in total. The molecule has 0 radical (unpaired) electrons. The van der Waals surface area contributed by atoms with Crippen LogP contribution in [-0.4, -0.2) is 23.2 Å². The number of hydrogen-bond acceptors (Lipinski definition) is 6. The van der Waals surface area contributed by atoms with Crippen molar-refractivity contribution in [1.82, 2.24) is 0 Å². The molecule has 5 N–H and O–H groups in total. The van der Waals surface area contributed by atoms with Gasteiger partial charge in [0.25, 0.3) is 0 Å². The number of phenolic OH excluding ortho intramolecular Hbond substituents is 1. The quantitative estimate of drug-likeness (QED) is 0.109. The van der Waals surface area contributed by atoms with Crippen LogP contribution in [0.4, 0.5) is 21.9 Å². The molecule has 0 aliphatic carbocycles. The average Bonchev–Trinajstić information content (AvgIpc) is 2.94. The second-order valence-corrected chi connectivity index (χ2v) is 10.2. The second kappa shape index (κ2) is 13.7. The molecule has 0 aliphatic heterocycles. The minimum atomic E-state index is -1.19. The number of nitrogens with one attached hydrogen (secondary N) is 2. The van der Waals surface area contributed by atoms with Gasteiger partial charge < -0.3 is 25.6 Å². The Balaban J connectivity index is 1.70. The highest BCUT2D eigenvalue weighted by Gasteiger charge is 2.31. The van der Waals surface area contributed by atoms with Crippen LogP contribution in [0.3, 0.4) is 0 Å². The summed E-state index contributed by atoms with van der Waals surface area (Å²) in [4.78, 5) is 25.9. The van der Waals surface area contributed by atoms with Gasteiger partial charge in [-0.15, -0.1) is 0 Å². The lowest BCUT2D eigenvalue weighted by atomic mass is 10.0. The molecule has 0 saturated carbocycles. The molecule has 10 heteroatoms. The van der Waals surface area contributed by atoms with Crippen LogP contribution in [0.25, 0.3) is 0 Å². The highest BCUT2D eigenvalue weighted by atomic mass is 79.9. The molecule has 4 rings (SSSR count). The maximum Gasteiger partial charge on any atom is 0.412 e. The van der Waals surface area contributed by atoms with Gasteiger partial charge in [-0.3, -0.25) is 10.1 Å². The lowest BCUT2D eigenvalue weighted by Crippen LogP contribution is -2.30. The molecular weight excluding hydrogens is 642 g/mol. The van der Waals surface area contributed by atoms with Crippen LogP contribution in [0, 0.1) is 0 Å². The minimum absolute atomic E-state index is 0.155. The molecule has 0 saturated heterocycles. The fourth-order valence-corrected chi connectivity index (χ4v) is 4.98. The number of anilines is 3. The van der Waals surface area contributed by atoms with Crippen LogP contribution in [-0.2, 0) is 9.53 Å². The first kappa shape index (κ1) is 28.7. The van der Waals surface area contributed by atoms with Crippen molar-refractivity contribution in [1.29, 1.82) is 0 Å². The highest BCUT2D eigenvalue weighted by molar-refractivity contribution is 9.11. The Bertz CT molecular complexity index is 1500. The summed E-state index contributed by atoms with van der Waals surface area (Å²) >= 11 is 6.76. The van der Waals surface area contributed by atoms with E-state index in [1.165, 1.54) is 12.2 Å². The van der Waals surface area contributed by atoms with Crippen molar-refractivity contribution < 1.29 is 24.2 Å². The molecule has 204 valence electrons. The molecule has 0 fully saturated rings. The van der Waals surface area contributed by atoms with E-state index in [2.05, 4.69) is 42.5 Å². The number of benzene rings is 4. The van der Waals surface area contributed by atoms with Crippen molar-refractivity contribution in [2.24, 2.45) is 0 Å². The van der Waals surface area contributed by atoms with Gasteiger partial charge in [0.2, 0.25) is 5.91 Å². The molecule has 2 amide bonds. The molecule has 0 spiro atoms. The van der Waals surface area contributed by atoms with E-state index in [0.717, 1.165) is 0 Å². The van der Waals surface area contributed by atoms with Crippen LogP contribution in [0.1, 0.15) is 11.7 Å². The van der Waals surface area contributed by atoms with E-state index >= 15 is 0 Å². The maximum atomic E-state index is 13.0. The Morgan fingerprint density at radius 2 is 1.52 bits per heavy atom. The van der Waals surface area contributed by atoms with Gasteiger partial charge in [-0.05, 0) is 70.5 Å². The maximum absolute atomic E-state index is 13.0. The number of hydrogen-bond donors (Lipinski definition) is 4. The van der Waals surface area contributed by atoms with Crippen molar-refractivity contribution in [2.75, 3.05) is 16.4 Å². The Hall–Kier alpha value is -4.28. The number of carbonyl (C=O) groups excluding carboxylic acids is 2. The predicted molar refractivity (Wildman–Crippen MR) is 162 cm³/mol. The lowest BCUT2D eigenvalue weighted by Gasteiger charge is -2.27. The van der Waals surface area contributed by atoms with Crippen LogP contribution >= 0.6 is 31.9 Å². The van der Waals surface area contributed by atoms with Crippen LogP contribution in [0.5, 0.6) is 11.5 Å². The average molecular weight is 667 g/mol. The van der Waals surface area contributed by atoms with Gasteiger partial charge in [-0.1, -0.05) is 64.5 Å². The smallest absolute Gasteiger partial charge is 0.412 e. The number of nitrogen functional groups attached to an aromatic ring is 1. The van der Waals surface area contributed by atoms with E-state index in [1.54, 1.807) is 84.9 Å². The first-order valence-corrected chi connectivity index (χ1v) is 13.6. The first-order valence-electron chi connectivity index (χ1n) is 12.1. The van der Waals surface area contributed by atoms with Gasteiger partial charge in [0.1, 0.15) is 11.5 Å². The number of ether oxygens (including phenoxy) is 2. The van der Waals surface area contributed by atoms with E-state index in [0.29, 0.717) is 31.8 Å². The Morgan fingerprint density at radius 1 is 0.875 bits per heavy atom. The number of nitrogens with two attached hydrogens (primary N) is 1. The Morgan fingerprint density at radius 3 is 2.23 bits per heavy atom. The predicted octanol–water partition coefficient (Wildman–Crippen LogP) is 7.43. The number of para-hydroxylation sites is 4. The molecular formula is C30H25Br2N3O5. The molecule has 0 aliphatic rings. The number of halogens is 2. The van der Waals surface area contributed by atoms with E-state index < -0.39 is 24.2 Å². The van der Waals surface area contributed by atoms with Gasteiger partial charge >= 0.3 is 6.09 Å². The zero-order chi connectivity index (χ0) is 28.5. The van der Waals surface area contributed by atoms with Gasteiger partial charge in [-0.2, -0.15) is 0 Å². The Labute approximate surface area is 248 Å². The van der Waals surface area contributed by atoms with E-state index in [9.17, 15) is 14.7 Å². The monoisotopic (exact) mass is 665 g/mol. The van der Waals surface area contributed by atoms with E-state index in [4.69, 9.17) is 15.2 Å². The minimum Gasteiger partial charge on any atom is -0.506 e. The number of rotatable bonds is 9. The molecule has 4 aromatic rings. The fourth-order valence-electron chi connectivity index (χ4n) is 3.72. The summed E-state index contributed by atoms with van der Waals surface area (Å²) in [5, 5.41) is 16.4. The van der Waals surface area contributed by atoms with Crippen molar-refractivity contribution >= 4 is 60.9 Å². The third-order valence-electron chi connectivity index (χ3n) is 5.59. The van der Waals surface area contributed by atoms with Crippen LogP contribution in [0.15, 0.2) is 118 Å². The molecule has 0 unspecified atom stereocenters. The zero-order valence-electron chi connectivity index (χ0n) is 21.0. The standard InChI is InChI=1S/C30H25Br2N3O5/c31-19-17-22(28(37)23(32)18-19)29(40-30(38)34-20-9-3-1-4-10-20)26(39-21-11-5-2-6-12-21)15-16-27(36)35-25-14-8-7-13-24(25)33/h1-18,26,29,37H,33H2,(H,34,38)(H,35,36)/b16-15+/t26-,29-/m0/s1. The Kier molecular flexibility index (Phi) is 9.82. The molecule has 4 aromatic carbocycles. The number of phenols is 1. The summed E-state index contributed by atoms with van der Waals surface area (Å²) in [6, 6.07) is 27.7. The van der Waals surface area contributed by atoms with E-state index in [-0.39, 0.29) is 11.3 Å². The summed E-state index contributed by atoms with van der Waals surface area (Å²) in [6.45, 7) is 0. The largest absolute Gasteiger partial charge is 0.506 e. The molecule has 2 atom stereocenters. The first-order chi connectivity index (χ1) is 19.3. The van der Waals surface area contributed by atoms with Gasteiger partial charge in [0.15, 0.2) is 12.2 Å². The van der Waals surface area contributed by atoms with Crippen molar-refractivity contribution in [3.63, 3.8) is 0 Å². The van der Waals surface area contributed by atoms with Gasteiger partial charge in [0.05, 0.1) is 15.8 Å². The third kappa shape index (κ3) is 7.87. The normalized spacial score (nSPS) is 12.3. The number of aromatic hydroxyl groups is 1. The summed E-state index contributed by atoms with van der Waals surface area (Å²) in [5.41, 5.74) is 7.56. The zero-order valence-corrected chi connectivity index (χ0v) is 24.1. The van der Waals surface area contributed by atoms with E-state index in [1.807, 2.05) is 12.1 Å². The number of amides is 2. The molecule has 0 bridgehead atoms. The van der Waals surface area contributed by atoms with Crippen molar-refractivity contribution in [3.8, 4) is 11.5 Å². The summed E-state index contributed by atoms with van der Waals surface area (Å²) in [7, 11) is 0. The fraction of sp³-hybridized carbons (Fsp3) is 0.0667. The molecule has 0 aromatic heterocycles. The lowest BCUT2D eigenvalue weighted by molar-refractivity contribution is -0.112. The molecule has 0 heterocycles. The highest BCUT2D eigenvalue weighted by Crippen LogP contribution is 2.39. The topological polar surface area (TPSA) is 123 Å². The van der Waals surface area contributed by atoms with Crippen molar-refractivity contribution in [3.05, 3.63) is 124 Å². The van der Waals surface area contributed by atoms with Crippen molar-refractivity contribution in [2.45, 2.75) is 12.2 Å². The van der Waals surface area contributed by atoms with Gasteiger partial charge in [-0.25, -0.2) is 4.79 Å². The van der Waals surface area contributed by atoms with Crippen LogP contribution in [0.2, 0.25) is 0 Å². The second-order valence-electron chi connectivity index (χ2n) is 8.47. The molecule has 40 heavy (non-hydrogen) atoms. The summed E-state index contributed by atoms with van der Waals surface area (Å²) < 4.78 is 13.0. The van der Waals surface area contributed by atoms with Gasteiger partial charge in [0, 0.05) is 21.8 Å². The summed E-state index contributed by atoms with van der Waals surface area (Å²) in [6.07, 6.45) is -0.312. The SMILES string of the molecule is Nc1ccccc1NC(=O)/C=C/[C@H](Oc1ccccc1)[C@@H](OC(=O)Nc1ccccc1)c1cc(Br)cc(Br)c1O.